The number of carbonyl (C=O) groups is 2. The lowest BCUT2D eigenvalue weighted by molar-refractivity contribution is -0.117. The van der Waals surface area contributed by atoms with Gasteiger partial charge in [0.1, 0.15) is 0 Å². The zero-order chi connectivity index (χ0) is 19.1. The van der Waals surface area contributed by atoms with E-state index in [9.17, 15) is 9.59 Å². The van der Waals surface area contributed by atoms with Crippen LogP contribution in [-0.4, -0.2) is 29.9 Å². The van der Waals surface area contributed by atoms with Crippen molar-refractivity contribution in [1.82, 2.24) is 10.3 Å². The lowest BCUT2D eigenvalue weighted by atomic mass is 9.84. The minimum absolute atomic E-state index is 0.0218. The Bertz CT molecular complexity index is 756. The maximum atomic E-state index is 12.3. The number of amides is 2. The van der Waals surface area contributed by atoms with E-state index in [0.29, 0.717) is 35.2 Å². The van der Waals surface area contributed by atoms with Gasteiger partial charge < -0.3 is 16.0 Å². The maximum absolute atomic E-state index is 12.3. The molecule has 1 unspecified atom stereocenters. The summed E-state index contributed by atoms with van der Waals surface area (Å²) in [5.41, 5.74) is 1.88. The second-order valence-electron chi connectivity index (χ2n) is 7.09. The summed E-state index contributed by atoms with van der Waals surface area (Å²) in [6.45, 7) is 4.24. The number of hydrogen-bond donors (Lipinski definition) is 3. The van der Waals surface area contributed by atoms with E-state index in [1.807, 2.05) is 0 Å². The van der Waals surface area contributed by atoms with Crippen molar-refractivity contribution in [2.24, 2.45) is 11.8 Å². The smallest absolute Gasteiger partial charge is 0.255 e. The summed E-state index contributed by atoms with van der Waals surface area (Å²) in [6.07, 6.45) is 6.04. The third-order valence-electron chi connectivity index (χ3n) is 5.05. The van der Waals surface area contributed by atoms with Crippen LogP contribution in [0.25, 0.3) is 0 Å². The molecule has 6 nitrogen and oxygen atoms in total. The molecule has 1 aromatic heterocycles. The van der Waals surface area contributed by atoms with Crippen LogP contribution in [0.3, 0.4) is 0 Å². The number of hydrogen-bond acceptors (Lipinski definition) is 4. The Kier molecular flexibility index (Phi) is 6.54. The van der Waals surface area contributed by atoms with Crippen molar-refractivity contribution in [2.45, 2.75) is 26.2 Å². The van der Waals surface area contributed by atoms with E-state index in [4.69, 9.17) is 0 Å². The fraction of sp³-hybridized carbons (Fsp3) is 0.381. The van der Waals surface area contributed by atoms with Gasteiger partial charge in [-0.2, -0.15) is 0 Å². The fourth-order valence-corrected chi connectivity index (χ4v) is 3.43. The third kappa shape index (κ3) is 5.62. The summed E-state index contributed by atoms with van der Waals surface area (Å²) in [5, 5.41) is 9.07. The molecule has 1 aromatic carbocycles. The van der Waals surface area contributed by atoms with Crippen molar-refractivity contribution in [3.63, 3.8) is 0 Å². The summed E-state index contributed by atoms with van der Waals surface area (Å²) < 4.78 is 0. The highest BCUT2D eigenvalue weighted by Crippen LogP contribution is 2.24. The number of nitrogens with zero attached hydrogens (tertiary/aromatic N) is 1. The first-order chi connectivity index (χ1) is 13.1. The van der Waals surface area contributed by atoms with E-state index < -0.39 is 0 Å². The van der Waals surface area contributed by atoms with Gasteiger partial charge in [-0.1, -0.05) is 6.92 Å². The molecule has 142 valence electrons. The Morgan fingerprint density at radius 2 is 1.85 bits per heavy atom. The van der Waals surface area contributed by atoms with Crippen LogP contribution in [0.2, 0.25) is 0 Å². The van der Waals surface area contributed by atoms with Crippen molar-refractivity contribution in [3.8, 4) is 0 Å². The quantitative estimate of drug-likeness (QED) is 0.732. The van der Waals surface area contributed by atoms with Crippen molar-refractivity contribution >= 4 is 23.2 Å². The predicted octanol–water partition coefficient (Wildman–Crippen LogP) is 3.30. The SMILES string of the molecule is CC(CC(=O)Nc1ccc(C(=O)Nc2cccnc2)cc1)C1CCNCC1. The molecule has 1 saturated heterocycles. The third-order valence-corrected chi connectivity index (χ3v) is 5.05. The molecule has 0 spiro atoms. The van der Waals surface area contributed by atoms with Gasteiger partial charge >= 0.3 is 0 Å². The standard InChI is InChI=1S/C21H26N4O2/c1-15(16-8-11-22-12-9-16)13-20(26)24-18-6-4-17(5-7-18)21(27)25-19-3-2-10-23-14-19/h2-7,10,14-16,22H,8-9,11-13H2,1H3,(H,24,26)(H,25,27). The number of rotatable bonds is 6. The first-order valence-corrected chi connectivity index (χ1v) is 9.44. The van der Waals surface area contributed by atoms with Gasteiger partial charge in [-0.25, -0.2) is 0 Å². The number of benzene rings is 1. The molecule has 0 saturated carbocycles. The Morgan fingerprint density at radius 1 is 1.11 bits per heavy atom. The maximum Gasteiger partial charge on any atom is 0.255 e. The Hall–Kier alpha value is -2.73. The van der Waals surface area contributed by atoms with E-state index in [1.54, 1.807) is 48.8 Å². The molecule has 3 N–H and O–H groups in total. The summed E-state index contributed by atoms with van der Waals surface area (Å²) in [4.78, 5) is 28.5. The van der Waals surface area contributed by atoms with E-state index >= 15 is 0 Å². The summed E-state index contributed by atoms with van der Waals surface area (Å²) in [7, 11) is 0. The van der Waals surface area contributed by atoms with Crippen LogP contribution in [0.1, 0.15) is 36.5 Å². The van der Waals surface area contributed by atoms with Gasteiger partial charge in [0.05, 0.1) is 11.9 Å². The van der Waals surface area contributed by atoms with Crippen LogP contribution in [-0.2, 0) is 4.79 Å². The number of anilines is 2. The molecular formula is C21H26N4O2. The molecule has 1 aliphatic heterocycles. The fourth-order valence-electron chi connectivity index (χ4n) is 3.43. The van der Waals surface area contributed by atoms with Gasteiger partial charge in [-0.05, 0) is 74.2 Å². The van der Waals surface area contributed by atoms with E-state index in [2.05, 4.69) is 27.9 Å². The average Bonchev–Trinajstić information content (AvgIpc) is 2.70. The molecular weight excluding hydrogens is 340 g/mol. The van der Waals surface area contributed by atoms with Gasteiger partial charge in [0.15, 0.2) is 0 Å². The molecule has 0 bridgehead atoms. The average molecular weight is 366 g/mol. The van der Waals surface area contributed by atoms with Crippen LogP contribution in [0.15, 0.2) is 48.8 Å². The highest BCUT2D eigenvalue weighted by Gasteiger charge is 2.22. The molecule has 2 amide bonds. The predicted molar refractivity (Wildman–Crippen MR) is 107 cm³/mol. The van der Waals surface area contributed by atoms with E-state index in [-0.39, 0.29) is 11.8 Å². The lowest BCUT2D eigenvalue weighted by Gasteiger charge is -2.27. The van der Waals surface area contributed by atoms with Crippen molar-refractivity contribution in [1.29, 1.82) is 0 Å². The molecule has 2 heterocycles. The normalized spacial score (nSPS) is 15.7. The Morgan fingerprint density at radius 3 is 2.52 bits per heavy atom. The highest BCUT2D eigenvalue weighted by molar-refractivity contribution is 6.04. The first kappa shape index (κ1) is 19.0. The van der Waals surface area contributed by atoms with Gasteiger partial charge in [0.2, 0.25) is 5.91 Å². The second-order valence-corrected chi connectivity index (χ2v) is 7.09. The topological polar surface area (TPSA) is 83.1 Å². The molecule has 0 aliphatic carbocycles. The molecule has 3 rings (SSSR count). The van der Waals surface area contributed by atoms with Crippen molar-refractivity contribution in [2.75, 3.05) is 23.7 Å². The van der Waals surface area contributed by atoms with Crippen LogP contribution >= 0.6 is 0 Å². The molecule has 1 aliphatic rings. The molecule has 0 radical (unpaired) electrons. The van der Waals surface area contributed by atoms with Gasteiger partial charge in [-0.3, -0.25) is 14.6 Å². The number of piperidine rings is 1. The number of nitrogens with one attached hydrogen (secondary N) is 3. The van der Waals surface area contributed by atoms with Gasteiger partial charge in [-0.15, -0.1) is 0 Å². The van der Waals surface area contributed by atoms with Crippen LogP contribution in [0, 0.1) is 11.8 Å². The van der Waals surface area contributed by atoms with Gasteiger partial charge in [0.25, 0.3) is 5.91 Å². The number of aromatic nitrogens is 1. The summed E-state index contributed by atoms with van der Waals surface area (Å²) in [5.74, 6) is 0.793. The first-order valence-electron chi connectivity index (χ1n) is 9.44. The van der Waals surface area contributed by atoms with Crippen molar-refractivity contribution < 1.29 is 9.59 Å². The Labute approximate surface area is 159 Å². The zero-order valence-corrected chi connectivity index (χ0v) is 15.6. The van der Waals surface area contributed by atoms with Crippen molar-refractivity contribution in [3.05, 3.63) is 54.4 Å². The van der Waals surface area contributed by atoms with Crippen LogP contribution in [0.4, 0.5) is 11.4 Å². The monoisotopic (exact) mass is 366 g/mol. The van der Waals surface area contributed by atoms with E-state index in [0.717, 1.165) is 25.9 Å². The molecule has 1 fully saturated rings. The second kappa shape index (κ2) is 9.28. The van der Waals surface area contributed by atoms with Crippen LogP contribution < -0.4 is 16.0 Å². The number of carbonyl (C=O) groups excluding carboxylic acids is 2. The minimum Gasteiger partial charge on any atom is -0.326 e. The molecule has 27 heavy (non-hydrogen) atoms. The van der Waals surface area contributed by atoms with Crippen LogP contribution in [0.5, 0.6) is 0 Å². The lowest BCUT2D eigenvalue weighted by Crippen LogP contribution is -2.32. The zero-order valence-electron chi connectivity index (χ0n) is 15.6. The largest absolute Gasteiger partial charge is 0.326 e. The molecule has 2 aromatic rings. The molecule has 6 heteroatoms. The van der Waals surface area contributed by atoms with E-state index in [1.165, 1.54) is 0 Å². The Balaban J connectivity index is 1.50. The summed E-state index contributed by atoms with van der Waals surface area (Å²) >= 11 is 0. The van der Waals surface area contributed by atoms with Gasteiger partial charge in [0, 0.05) is 23.9 Å². The minimum atomic E-state index is -0.208. The molecule has 1 atom stereocenters. The summed E-state index contributed by atoms with van der Waals surface area (Å²) in [6, 6.07) is 10.5. The number of pyridine rings is 1. The highest BCUT2D eigenvalue weighted by atomic mass is 16.2.